The van der Waals surface area contributed by atoms with E-state index in [-0.39, 0.29) is 6.10 Å². The summed E-state index contributed by atoms with van der Waals surface area (Å²) in [5.74, 6) is -0.394. The van der Waals surface area contributed by atoms with E-state index in [1.807, 2.05) is 59.2 Å². The number of aromatic nitrogens is 1. The first-order valence-electron chi connectivity index (χ1n) is 9.38. The van der Waals surface area contributed by atoms with Crippen molar-refractivity contribution in [2.45, 2.75) is 18.9 Å². The highest BCUT2D eigenvalue weighted by atomic mass is 16.5. The van der Waals surface area contributed by atoms with Gasteiger partial charge in [0, 0.05) is 11.6 Å². The molecule has 29 heavy (non-hydrogen) atoms. The quantitative estimate of drug-likeness (QED) is 0.364. The van der Waals surface area contributed by atoms with Crippen molar-refractivity contribution in [1.29, 1.82) is 0 Å². The van der Waals surface area contributed by atoms with Crippen LogP contribution in [0.4, 0.5) is 0 Å². The third-order valence-electron chi connectivity index (χ3n) is 4.59. The van der Waals surface area contributed by atoms with E-state index in [0.717, 1.165) is 16.5 Å². The second-order valence-corrected chi connectivity index (χ2v) is 6.50. The van der Waals surface area contributed by atoms with Crippen molar-refractivity contribution in [3.05, 3.63) is 97.2 Å². The van der Waals surface area contributed by atoms with Crippen molar-refractivity contribution in [2.75, 3.05) is 13.7 Å². The molecule has 0 amide bonds. The number of esters is 1. The maximum atomic E-state index is 12.2. The summed E-state index contributed by atoms with van der Waals surface area (Å²) in [6, 6.07) is 17.5. The van der Waals surface area contributed by atoms with Gasteiger partial charge in [-0.3, -0.25) is 0 Å². The van der Waals surface area contributed by atoms with E-state index in [1.165, 1.54) is 7.11 Å². The molecular formula is C24H25NO4. The molecule has 0 saturated heterocycles. The molecule has 3 rings (SSSR count). The van der Waals surface area contributed by atoms with Gasteiger partial charge >= 0.3 is 5.97 Å². The third kappa shape index (κ3) is 4.83. The van der Waals surface area contributed by atoms with Gasteiger partial charge in [0.1, 0.15) is 6.10 Å². The molecule has 0 aliphatic heterocycles. The topological polar surface area (TPSA) is 49.7 Å². The lowest BCUT2D eigenvalue weighted by Crippen LogP contribution is -2.22. The molecule has 2 atom stereocenters. The Balaban J connectivity index is 1.75. The first kappa shape index (κ1) is 20.6. The largest absolute Gasteiger partial charge is 0.465 e. The Kier molecular flexibility index (Phi) is 7.00. The Morgan fingerprint density at radius 3 is 2.48 bits per heavy atom. The fourth-order valence-electron chi connectivity index (χ4n) is 3.13. The molecule has 0 N–H and O–H groups in total. The van der Waals surface area contributed by atoms with Crippen LogP contribution in [-0.4, -0.2) is 30.4 Å². The summed E-state index contributed by atoms with van der Waals surface area (Å²) in [4.78, 5) is 12.2. The van der Waals surface area contributed by atoms with Gasteiger partial charge in [0.15, 0.2) is 6.23 Å². The minimum Gasteiger partial charge on any atom is -0.465 e. The van der Waals surface area contributed by atoms with E-state index in [9.17, 15) is 4.79 Å². The van der Waals surface area contributed by atoms with Crippen molar-refractivity contribution >= 4 is 16.9 Å². The fraction of sp³-hybridized carbons (Fsp3) is 0.208. The predicted molar refractivity (Wildman–Crippen MR) is 114 cm³/mol. The van der Waals surface area contributed by atoms with Gasteiger partial charge in [0.05, 0.1) is 31.4 Å². The molecule has 0 aliphatic rings. The Morgan fingerprint density at radius 1 is 1.07 bits per heavy atom. The van der Waals surface area contributed by atoms with Gasteiger partial charge in [-0.25, -0.2) is 4.79 Å². The molecule has 0 saturated carbocycles. The minimum atomic E-state index is -0.498. The van der Waals surface area contributed by atoms with E-state index in [0.29, 0.717) is 18.8 Å². The highest BCUT2D eigenvalue weighted by molar-refractivity contribution is 6.04. The van der Waals surface area contributed by atoms with Gasteiger partial charge in [-0.05, 0) is 17.7 Å². The summed E-state index contributed by atoms with van der Waals surface area (Å²) in [6.45, 7) is 8.60. The van der Waals surface area contributed by atoms with Crippen LogP contribution in [0.25, 0.3) is 10.9 Å². The third-order valence-corrected chi connectivity index (χ3v) is 4.59. The summed E-state index contributed by atoms with van der Waals surface area (Å²) in [5, 5.41) is 0.797. The number of hydrogen-bond donors (Lipinski definition) is 0. The SMILES string of the molecule is C=C[C@H](O[C@@H](C=C)COCc1ccccc1)n1cc(C(=O)OC)c2ccccc21. The first-order valence-corrected chi connectivity index (χ1v) is 9.38. The van der Waals surface area contributed by atoms with Gasteiger partial charge in [0.25, 0.3) is 0 Å². The van der Waals surface area contributed by atoms with Crippen LogP contribution in [0.5, 0.6) is 0 Å². The number of fused-ring (bicyclic) bond motifs is 1. The van der Waals surface area contributed by atoms with Crippen LogP contribution in [0.1, 0.15) is 22.1 Å². The van der Waals surface area contributed by atoms with Crippen LogP contribution in [0.3, 0.4) is 0 Å². The number of hydrogen-bond acceptors (Lipinski definition) is 4. The van der Waals surface area contributed by atoms with Crippen molar-refractivity contribution < 1.29 is 19.0 Å². The van der Waals surface area contributed by atoms with E-state index in [1.54, 1.807) is 18.3 Å². The van der Waals surface area contributed by atoms with Crippen LogP contribution in [0.2, 0.25) is 0 Å². The molecule has 5 heteroatoms. The smallest absolute Gasteiger partial charge is 0.340 e. The fourth-order valence-corrected chi connectivity index (χ4v) is 3.13. The number of carbonyl (C=O) groups is 1. The molecular weight excluding hydrogens is 366 g/mol. The molecule has 3 aromatic rings. The summed E-state index contributed by atoms with van der Waals surface area (Å²) >= 11 is 0. The molecule has 0 aliphatic carbocycles. The number of carbonyl (C=O) groups excluding carboxylic acids is 1. The van der Waals surface area contributed by atoms with Crippen LogP contribution in [-0.2, 0) is 20.8 Å². The number of nitrogens with zero attached hydrogens (tertiary/aromatic N) is 1. The Hall–Kier alpha value is -3.15. The number of benzene rings is 2. The van der Waals surface area contributed by atoms with E-state index in [4.69, 9.17) is 14.2 Å². The zero-order valence-electron chi connectivity index (χ0n) is 16.5. The number of methoxy groups -OCH3 is 1. The Bertz CT molecular complexity index is 977. The van der Waals surface area contributed by atoms with E-state index in [2.05, 4.69) is 13.2 Å². The zero-order valence-corrected chi connectivity index (χ0v) is 16.5. The van der Waals surface area contributed by atoms with Gasteiger partial charge in [-0.15, -0.1) is 6.58 Å². The highest BCUT2D eigenvalue weighted by Gasteiger charge is 2.20. The lowest BCUT2D eigenvalue weighted by atomic mass is 10.2. The molecule has 1 aromatic heterocycles. The maximum absolute atomic E-state index is 12.2. The molecule has 0 spiro atoms. The highest BCUT2D eigenvalue weighted by Crippen LogP contribution is 2.27. The van der Waals surface area contributed by atoms with Crippen molar-refractivity contribution in [1.82, 2.24) is 4.57 Å². The second kappa shape index (κ2) is 9.87. The first-order chi connectivity index (χ1) is 14.2. The molecule has 5 nitrogen and oxygen atoms in total. The monoisotopic (exact) mass is 391 g/mol. The minimum absolute atomic E-state index is 0.343. The molecule has 2 aromatic carbocycles. The second-order valence-electron chi connectivity index (χ2n) is 6.50. The molecule has 0 fully saturated rings. The van der Waals surface area contributed by atoms with Crippen molar-refractivity contribution in [3.8, 4) is 0 Å². The summed E-state index contributed by atoms with van der Waals surface area (Å²) < 4.78 is 18.7. The number of ether oxygens (including phenoxy) is 3. The summed E-state index contributed by atoms with van der Waals surface area (Å²) in [7, 11) is 1.37. The number of rotatable bonds is 10. The predicted octanol–water partition coefficient (Wildman–Crippen LogP) is 4.90. The Morgan fingerprint density at radius 2 is 1.79 bits per heavy atom. The van der Waals surface area contributed by atoms with Crippen LogP contribution in [0.15, 0.2) is 86.1 Å². The van der Waals surface area contributed by atoms with Gasteiger partial charge in [0.2, 0.25) is 0 Å². The molecule has 0 radical (unpaired) electrons. The van der Waals surface area contributed by atoms with Crippen molar-refractivity contribution in [2.24, 2.45) is 0 Å². The molecule has 0 unspecified atom stereocenters. The van der Waals surface area contributed by atoms with Crippen LogP contribution in [0, 0.1) is 0 Å². The molecule has 0 bridgehead atoms. The van der Waals surface area contributed by atoms with E-state index < -0.39 is 12.2 Å². The Labute approximate surface area is 170 Å². The van der Waals surface area contributed by atoms with Crippen LogP contribution < -0.4 is 0 Å². The zero-order chi connectivity index (χ0) is 20.6. The van der Waals surface area contributed by atoms with Gasteiger partial charge in [-0.2, -0.15) is 0 Å². The van der Waals surface area contributed by atoms with Crippen LogP contribution >= 0.6 is 0 Å². The summed E-state index contributed by atoms with van der Waals surface area (Å²) in [6.07, 6.45) is 4.27. The van der Waals surface area contributed by atoms with Gasteiger partial charge in [-0.1, -0.05) is 61.2 Å². The average Bonchev–Trinajstić information content (AvgIpc) is 3.16. The summed E-state index contributed by atoms with van der Waals surface area (Å²) in [5.41, 5.74) is 2.43. The lowest BCUT2D eigenvalue weighted by Gasteiger charge is -2.22. The van der Waals surface area contributed by atoms with E-state index >= 15 is 0 Å². The lowest BCUT2D eigenvalue weighted by molar-refractivity contribution is -0.0457. The molecule has 150 valence electrons. The average molecular weight is 391 g/mol. The maximum Gasteiger partial charge on any atom is 0.340 e. The van der Waals surface area contributed by atoms with Gasteiger partial charge < -0.3 is 18.8 Å². The van der Waals surface area contributed by atoms with Crippen molar-refractivity contribution in [3.63, 3.8) is 0 Å². The standard InChI is InChI=1S/C24H25NO4/c1-4-19(17-28-16-18-11-7-6-8-12-18)29-23(5-2)25-15-21(24(26)27-3)20-13-9-10-14-22(20)25/h4-15,19,23H,1-2,16-17H2,3H3/t19-,23-/m0/s1. The normalized spacial score (nSPS) is 13.0. The molecule has 1 heterocycles. The number of para-hydroxylation sites is 1.